The van der Waals surface area contributed by atoms with Crippen molar-refractivity contribution in [2.45, 2.75) is 38.6 Å². The summed E-state index contributed by atoms with van der Waals surface area (Å²) in [6, 6.07) is 1.96. The second kappa shape index (κ2) is 4.61. The van der Waals surface area contributed by atoms with E-state index in [1.54, 1.807) is 0 Å². The van der Waals surface area contributed by atoms with Crippen LogP contribution >= 0.6 is 0 Å². The standard InChI is InChI=1S/C12H16N2O3/c1-7-5-10(8-3-2-4-8)14-11(15)9(7)6-13-12(16)17/h5,8,13H,2-4,6H2,1H3,(H,14,15)(H,16,17). The van der Waals surface area contributed by atoms with Crippen molar-refractivity contribution in [1.82, 2.24) is 10.3 Å². The van der Waals surface area contributed by atoms with Gasteiger partial charge in [0, 0.05) is 11.3 Å². The van der Waals surface area contributed by atoms with E-state index < -0.39 is 6.09 Å². The molecule has 17 heavy (non-hydrogen) atoms. The smallest absolute Gasteiger partial charge is 0.404 e. The number of nitrogens with one attached hydrogen (secondary N) is 2. The van der Waals surface area contributed by atoms with Crippen LogP contribution in [-0.2, 0) is 6.54 Å². The predicted octanol–water partition coefficient (Wildman–Crippen LogP) is 1.72. The molecule has 0 aliphatic heterocycles. The summed E-state index contributed by atoms with van der Waals surface area (Å²) in [5, 5.41) is 10.7. The molecule has 3 N–H and O–H groups in total. The van der Waals surface area contributed by atoms with Crippen molar-refractivity contribution in [3.63, 3.8) is 0 Å². The van der Waals surface area contributed by atoms with Crippen molar-refractivity contribution < 1.29 is 9.90 Å². The summed E-state index contributed by atoms with van der Waals surface area (Å²) in [5.41, 5.74) is 2.15. The minimum atomic E-state index is -1.12. The fourth-order valence-electron chi connectivity index (χ4n) is 2.06. The van der Waals surface area contributed by atoms with E-state index in [9.17, 15) is 9.59 Å². The third kappa shape index (κ3) is 2.49. The molecule has 1 fully saturated rings. The summed E-state index contributed by atoms with van der Waals surface area (Å²) >= 11 is 0. The Labute approximate surface area is 98.9 Å². The minimum absolute atomic E-state index is 0.0570. The number of hydrogen-bond donors (Lipinski definition) is 3. The van der Waals surface area contributed by atoms with Crippen LogP contribution in [0.15, 0.2) is 10.9 Å². The Bertz CT molecular complexity index is 489. The SMILES string of the molecule is Cc1cc(C2CCC2)[nH]c(=O)c1CNC(=O)O. The molecule has 1 heterocycles. The highest BCUT2D eigenvalue weighted by atomic mass is 16.4. The molecule has 2 rings (SSSR count). The van der Waals surface area contributed by atoms with Crippen molar-refractivity contribution >= 4 is 6.09 Å². The topological polar surface area (TPSA) is 82.2 Å². The van der Waals surface area contributed by atoms with Gasteiger partial charge in [0.15, 0.2) is 0 Å². The molecule has 1 aliphatic rings. The first-order valence-electron chi connectivity index (χ1n) is 5.77. The summed E-state index contributed by atoms with van der Waals surface area (Å²) in [5.74, 6) is 0.475. The Morgan fingerprint density at radius 3 is 2.76 bits per heavy atom. The predicted molar refractivity (Wildman–Crippen MR) is 63.3 cm³/mol. The second-order valence-electron chi connectivity index (χ2n) is 4.50. The fourth-order valence-corrected chi connectivity index (χ4v) is 2.06. The molecule has 5 nitrogen and oxygen atoms in total. The highest BCUT2D eigenvalue weighted by molar-refractivity contribution is 5.64. The Morgan fingerprint density at radius 1 is 1.59 bits per heavy atom. The summed E-state index contributed by atoms with van der Waals surface area (Å²) < 4.78 is 0. The third-order valence-electron chi connectivity index (χ3n) is 3.34. The Morgan fingerprint density at radius 2 is 2.29 bits per heavy atom. The van der Waals surface area contributed by atoms with Crippen LogP contribution in [0.2, 0.25) is 0 Å². The highest BCUT2D eigenvalue weighted by Gasteiger charge is 2.21. The van der Waals surface area contributed by atoms with Crippen LogP contribution in [-0.4, -0.2) is 16.2 Å². The van der Waals surface area contributed by atoms with Gasteiger partial charge in [0.05, 0.1) is 6.54 Å². The lowest BCUT2D eigenvalue weighted by Crippen LogP contribution is -2.27. The maximum Gasteiger partial charge on any atom is 0.404 e. The van der Waals surface area contributed by atoms with Crippen molar-refractivity contribution in [1.29, 1.82) is 0 Å². The van der Waals surface area contributed by atoms with Crippen molar-refractivity contribution in [2.24, 2.45) is 0 Å². The zero-order valence-corrected chi connectivity index (χ0v) is 9.75. The number of pyridine rings is 1. The zero-order chi connectivity index (χ0) is 12.4. The van der Waals surface area contributed by atoms with Crippen LogP contribution in [0.3, 0.4) is 0 Å². The van der Waals surface area contributed by atoms with Crippen molar-refractivity contribution in [3.05, 3.63) is 33.2 Å². The van der Waals surface area contributed by atoms with Crippen LogP contribution in [0, 0.1) is 6.92 Å². The first kappa shape index (κ1) is 11.7. The molecule has 0 bridgehead atoms. The number of aryl methyl sites for hydroxylation is 1. The molecule has 0 saturated heterocycles. The average Bonchev–Trinajstić information content (AvgIpc) is 2.12. The molecule has 0 atom stereocenters. The van der Waals surface area contributed by atoms with Crippen molar-refractivity contribution in [3.8, 4) is 0 Å². The molecule has 0 aromatic carbocycles. The maximum absolute atomic E-state index is 11.8. The quantitative estimate of drug-likeness (QED) is 0.747. The molecular weight excluding hydrogens is 220 g/mol. The Balaban J connectivity index is 2.22. The van der Waals surface area contributed by atoms with Crippen LogP contribution in [0.4, 0.5) is 4.79 Å². The molecule has 0 radical (unpaired) electrons. The summed E-state index contributed by atoms with van der Waals surface area (Å²) in [6.45, 7) is 1.90. The summed E-state index contributed by atoms with van der Waals surface area (Å²) in [4.78, 5) is 25.1. The summed E-state index contributed by atoms with van der Waals surface area (Å²) in [6.07, 6.45) is 2.35. The number of aromatic amines is 1. The van der Waals surface area contributed by atoms with Gasteiger partial charge in [-0.15, -0.1) is 0 Å². The maximum atomic E-state index is 11.8. The highest BCUT2D eigenvalue weighted by Crippen LogP contribution is 2.35. The van der Waals surface area contributed by atoms with E-state index in [4.69, 9.17) is 5.11 Å². The number of H-pyrrole nitrogens is 1. The van der Waals surface area contributed by atoms with Crippen molar-refractivity contribution in [2.75, 3.05) is 0 Å². The van der Waals surface area contributed by atoms with Gasteiger partial charge in [-0.2, -0.15) is 0 Å². The molecule has 1 saturated carbocycles. The molecule has 1 aliphatic carbocycles. The third-order valence-corrected chi connectivity index (χ3v) is 3.34. The van der Waals surface area contributed by atoms with E-state index in [-0.39, 0.29) is 12.1 Å². The van der Waals surface area contributed by atoms with Gasteiger partial charge >= 0.3 is 6.09 Å². The Kier molecular flexibility index (Phi) is 3.17. The van der Waals surface area contributed by atoms with Crippen LogP contribution in [0.1, 0.15) is 42.0 Å². The molecule has 1 aromatic heterocycles. The van der Waals surface area contributed by atoms with Gasteiger partial charge in [0.2, 0.25) is 0 Å². The number of amides is 1. The van der Waals surface area contributed by atoms with Gasteiger partial charge in [-0.3, -0.25) is 4.79 Å². The average molecular weight is 236 g/mol. The first-order chi connectivity index (χ1) is 8.08. The lowest BCUT2D eigenvalue weighted by molar-refractivity contribution is 0.194. The number of carbonyl (C=O) groups is 1. The zero-order valence-electron chi connectivity index (χ0n) is 9.75. The lowest BCUT2D eigenvalue weighted by atomic mass is 9.82. The monoisotopic (exact) mass is 236 g/mol. The molecule has 5 heteroatoms. The van der Waals surface area contributed by atoms with Crippen LogP contribution in [0.5, 0.6) is 0 Å². The second-order valence-corrected chi connectivity index (χ2v) is 4.50. The molecular formula is C12H16N2O3. The van der Waals surface area contributed by atoms with E-state index in [1.807, 2.05) is 13.0 Å². The summed E-state index contributed by atoms with van der Waals surface area (Å²) in [7, 11) is 0. The van der Waals surface area contributed by atoms with Crippen LogP contribution in [0.25, 0.3) is 0 Å². The molecule has 0 unspecified atom stereocenters. The number of hydrogen-bond acceptors (Lipinski definition) is 2. The van der Waals surface area contributed by atoms with Gasteiger partial charge in [0.25, 0.3) is 5.56 Å². The normalized spacial score (nSPS) is 15.4. The lowest BCUT2D eigenvalue weighted by Gasteiger charge is -2.25. The van der Waals surface area contributed by atoms with Crippen LogP contribution < -0.4 is 10.9 Å². The number of aromatic nitrogens is 1. The van der Waals surface area contributed by atoms with E-state index >= 15 is 0 Å². The first-order valence-corrected chi connectivity index (χ1v) is 5.77. The Hall–Kier alpha value is -1.78. The van der Waals surface area contributed by atoms with Gasteiger partial charge in [-0.05, 0) is 37.3 Å². The van der Waals surface area contributed by atoms with Gasteiger partial charge in [0.1, 0.15) is 0 Å². The van der Waals surface area contributed by atoms with E-state index in [0.29, 0.717) is 11.5 Å². The van der Waals surface area contributed by atoms with E-state index in [1.165, 1.54) is 6.42 Å². The van der Waals surface area contributed by atoms with Gasteiger partial charge < -0.3 is 15.4 Å². The largest absolute Gasteiger partial charge is 0.465 e. The molecule has 1 aromatic rings. The fraction of sp³-hybridized carbons (Fsp3) is 0.500. The van der Waals surface area contributed by atoms with Gasteiger partial charge in [-0.25, -0.2) is 4.79 Å². The molecule has 1 amide bonds. The minimum Gasteiger partial charge on any atom is -0.465 e. The molecule has 0 spiro atoms. The number of carboxylic acid groups (broad SMARTS) is 1. The number of rotatable bonds is 3. The molecule has 92 valence electrons. The van der Waals surface area contributed by atoms with E-state index in [2.05, 4.69) is 10.3 Å². The van der Waals surface area contributed by atoms with E-state index in [0.717, 1.165) is 24.1 Å². The van der Waals surface area contributed by atoms with Gasteiger partial charge in [-0.1, -0.05) is 6.42 Å².